The number of carbonyl (C=O) groups is 3. The van der Waals surface area contributed by atoms with Crippen molar-refractivity contribution in [3.63, 3.8) is 0 Å². The average molecular weight is 688 g/mol. The lowest BCUT2D eigenvalue weighted by Gasteiger charge is -2.54. The Morgan fingerprint density at radius 1 is 0.955 bits per heavy atom. The monoisotopic (exact) mass is 686 g/mol. The quantitative estimate of drug-likeness (QED) is 0.418. The second-order valence-corrected chi connectivity index (χ2v) is 14.9. The highest BCUT2D eigenvalue weighted by Crippen LogP contribution is 2.35. The lowest BCUT2D eigenvalue weighted by atomic mass is 9.96. The minimum atomic E-state index is -4.19. The van der Waals surface area contributed by atoms with Crippen LogP contribution in [0.1, 0.15) is 46.1 Å². The molecule has 2 aromatic carbocycles. The molecule has 2 aliphatic heterocycles. The first kappa shape index (κ1) is 34.5. The summed E-state index contributed by atoms with van der Waals surface area (Å²) in [5.41, 5.74) is 0.805. The van der Waals surface area contributed by atoms with E-state index in [-0.39, 0.29) is 59.2 Å². The predicted octanol–water partition coefficient (Wildman–Crippen LogP) is 4.52. The lowest BCUT2D eigenvalue weighted by molar-refractivity contribution is -0.168. The molecular weight excluding hydrogens is 651 g/mol. The van der Waals surface area contributed by atoms with Crippen LogP contribution in [0.5, 0.6) is 0 Å². The summed E-state index contributed by atoms with van der Waals surface area (Å²) in [4.78, 5) is 40.4. The predicted molar refractivity (Wildman–Crippen MR) is 169 cm³/mol. The minimum Gasteiger partial charge on any atom is -0.481 e. The van der Waals surface area contributed by atoms with Crippen LogP contribution in [0.2, 0.25) is 15.1 Å². The van der Waals surface area contributed by atoms with Gasteiger partial charge in [-0.2, -0.15) is 4.31 Å². The van der Waals surface area contributed by atoms with E-state index >= 15 is 0 Å². The van der Waals surface area contributed by atoms with Crippen molar-refractivity contribution in [2.75, 3.05) is 13.1 Å². The van der Waals surface area contributed by atoms with E-state index in [2.05, 4.69) is 5.32 Å². The molecule has 240 valence electrons. The third-order valence-electron chi connectivity index (χ3n) is 7.74. The Balaban J connectivity index is 0.000000657. The number of nitrogens with one attached hydrogen (secondary N) is 1. The van der Waals surface area contributed by atoms with Crippen molar-refractivity contribution in [1.82, 2.24) is 19.4 Å². The highest BCUT2D eigenvalue weighted by atomic mass is 35.5. The van der Waals surface area contributed by atoms with Crippen LogP contribution in [-0.2, 0) is 30.8 Å². The molecule has 10 nitrogen and oxygen atoms in total. The molecule has 44 heavy (non-hydrogen) atoms. The Labute approximate surface area is 273 Å². The number of piperazine rings is 1. The normalized spacial score (nSPS) is 22.6. The van der Waals surface area contributed by atoms with Crippen LogP contribution in [0.3, 0.4) is 0 Å². The molecule has 2 saturated heterocycles. The molecule has 2 N–H and O–H groups in total. The lowest BCUT2D eigenvalue weighted by Crippen LogP contribution is -2.76. The second kappa shape index (κ2) is 13.9. The van der Waals surface area contributed by atoms with Gasteiger partial charge in [-0.05, 0) is 62.6 Å². The van der Waals surface area contributed by atoms with E-state index in [9.17, 15) is 22.8 Å². The summed E-state index contributed by atoms with van der Waals surface area (Å²) in [6.45, 7) is 7.43. The summed E-state index contributed by atoms with van der Waals surface area (Å²) >= 11 is 18.4. The van der Waals surface area contributed by atoms with Crippen LogP contribution in [0.25, 0.3) is 0 Å². The number of amides is 2. The van der Waals surface area contributed by atoms with Gasteiger partial charge in [-0.15, -0.1) is 0 Å². The van der Waals surface area contributed by atoms with E-state index < -0.39 is 34.2 Å². The van der Waals surface area contributed by atoms with E-state index in [1.165, 1.54) is 27.4 Å². The van der Waals surface area contributed by atoms with Crippen molar-refractivity contribution in [1.29, 1.82) is 0 Å². The number of hydrogen-bond donors (Lipinski definition) is 2. The standard InChI is InChI=1S/C26H31Cl3N4O4S.C4H6O2/c1-15(2)30-21-13-32(38(36,37)23-10-9-19(28)12-20(23)29)24-14-31(16(3)4)26(35)22(33(24)25(21)34)11-17-5-7-18(27)8-6-17;5-4(6)3-1-2-3/h5-10,12,15-16,21-22,24,30H,11,13-14H2,1-4H3;3H,1-2H2,(H,5,6). The van der Waals surface area contributed by atoms with Gasteiger partial charge in [0.2, 0.25) is 21.8 Å². The third-order valence-corrected chi connectivity index (χ3v) is 10.6. The van der Waals surface area contributed by atoms with Gasteiger partial charge in [-0.25, -0.2) is 8.42 Å². The molecule has 0 radical (unpaired) electrons. The molecule has 3 atom stereocenters. The Morgan fingerprint density at radius 3 is 2.07 bits per heavy atom. The maximum absolute atomic E-state index is 14.1. The van der Waals surface area contributed by atoms with Crippen molar-refractivity contribution in [3.8, 4) is 0 Å². The fourth-order valence-electron chi connectivity index (χ4n) is 5.38. The maximum atomic E-state index is 14.1. The summed E-state index contributed by atoms with van der Waals surface area (Å²) in [5, 5.41) is 12.1. The molecule has 2 amide bonds. The largest absolute Gasteiger partial charge is 0.481 e. The van der Waals surface area contributed by atoms with Gasteiger partial charge in [0, 0.05) is 35.1 Å². The van der Waals surface area contributed by atoms with Crippen molar-refractivity contribution in [2.45, 2.75) is 82.2 Å². The smallest absolute Gasteiger partial charge is 0.306 e. The Hall–Kier alpha value is -2.41. The van der Waals surface area contributed by atoms with Crippen LogP contribution < -0.4 is 5.32 Å². The minimum absolute atomic E-state index is 0.0142. The third kappa shape index (κ3) is 7.68. The number of rotatable bonds is 8. The number of fused-ring (bicyclic) bond motifs is 1. The fourth-order valence-corrected chi connectivity index (χ4v) is 7.84. The molecule has 2 heterocycles. The molecule has 5 rings (SSSR count). The molecule has 0 bridgehead atoms. The molecule has 2 aromatic rings. The van der Waals surface area contributed by atoms with Gasteiger partial charge in [-0.3, -0.25) is 14.4 Å². The van der Waals surface area contributed by atoms with Crippen molar-refractivity contribution in [2.24, 2.45) is 5.92 Å². The molecule has 0 spiro atoms. The Bertz CT molecular complexity index is 1500. The Morgan fingerprint density at radius 2 is 1.57 bits per heavy atom. The number of aliphatic carboxylic acids is 1. The number of benzene rings is 2. The molecule has 1 aliphatic carbocycles. The first-order chi connectivity index (χ1) is 20.6. The van der Waals surface area contributed by atoms with Gasteiger partial charge in [0.15, 0.2) is 0 Å². The van der Waals surface area contributed by atoms with Crippen molar-refractivity contribution in [3.05, 3.63) is 63.1 Å². The van der Waals surface area contributed by atoms with Gasteiger partial charge in [0.1, 0.15) is 23.1 Å². The number of halogens is 3. The van der Waals surface area contributed by atoms with Gasteiger partial charge in [0.25, 0.3) is 0 Å². The van der Waals surface area contributed by atoms with Gasteiger partial charge < -0.3 is 20.2 Å². The summed E-state index contributed by atoms with van der Waals surface area (Å²) in [5.74, 6) is -1.15. The van der Waals surface area contributed by atoms with Crippen molar-refractivity contribution >= 4 is 62.6 Å². The summed E-state index contributed by atoms with van der Waals surface area (Å²) in [6, 6.07) is 9.20. The zero-order valence-corrected chi connectivity index (χ0v) is 28.0. The van der Waals surface area contributed by atoms with Crippen LogP contribution in [0.15, 0.2) is 47.4 Å². The van der Waals surface area contributed by atoms with E-state index in [1.807, 2.05) is 27.7 Å². The molecule has 3 fully saturated rings. The highest BCUT2D eigenvalue weighted by molar-refractivity contribution is 7.89. The highest BCUT2D eigenvalue weighted by Gasteiger charge is 2.54. The number of nitrogens with zero attached hydrogens (tertiary/aromatic N) is 3. The molecule has 3 aliphatic rings. The van der Waals surface area contributed by atoms with Crippen LogP contribution in [0, 0.1) is 5.92 Å². The van der Waals surface area contributed by atoms with E-state index in [0.29, 0.717) is 10.0 Å². The van der Waals surface area contributed by atoms with Crippen LogP contribution >= 0.6 is 34.8 Å². The molecule has 0 aromatic heterocycles. The van der Waals surface area contributed by atoms with E-state index in [0.717, 1.165) is 18.4 Å². The van der Waals surface area contributed by atoms with E-state index in [1.54, 1.807) is 29.2 Å². The summed E-state index contributed by atoms with van der Waals surface area (Å²) in [6.07, 6.45) is 1.10. The molecular formula is C30H37Cl3N4O6S. The topological polar surface area (TPSA) is 127 Å². The molecule has 3 unspecified atom stereocenters. The number of hydrogen-bond acceptors (Lipinski definition) is 6. The average Bonchev–Trinajstić information content (AvgIpc) is 3.78. The van der Waals surface area contributed by atoms with Crippen LogP contribution in [-0.4, -0.2) is 88.8 Å². The van der Waals surface area contributed by atoms with Crippen LogP contribution in [0.4, 0.5) is 0 Å². The first-order valence-electron chi connectivity index (χ1n) is 14.4. The molecule has 14 heteroatoms. The number of carboxylic acids is 1. The maximum Gasteiger partial charge on any atom is 0.306 e. The molecule has 1 saturated carbocycles. The summed E-state index contributed by atoms with van der Waals surface area (Å²) in [7, 11) is -4.19. The zero-order valence-electron chi connectivity index (χ0n) is 24.9. The number of sulfonamides is 1. The van der Waals surface area contributed by atoms with Gasteiger partial charge in [0.05, 0.1) is 17.5 Å². The van der Waals surface area contributed by atoms with Gasteiger partial charge in [-0.1, -0.05) is 60.8 Å². The Kier molecular flexibility index (Phi) is 10.9. The van der Waals surface area contributed by atoms with Crippen molar-refractivity contribution < 1.29 is 27.9 Å². The van der Waals surface area contributed by atoms with E-state index in [4.69, 9.17) is 39.9 Å². The fraction of sp³-hybridized carbons (Fsp3) is 0.500. The zero-order chi connectivity index (χ0) is 32.5. The first-order valence-corrected chi connectivity index (χ1v) is 17.0. The van der Waals surface area contributed by atoms with Gasteiger partial charge >= 0.3 is 5.97 Å². The summed E-state index contributed by atoms with van der Waals surface area (Å²) < 4.78 is 29.5. The number of carboxylic acid groups (broad SMARTS) is 1. The number of carbonyl (C=O) groups excluding carboxylic acids is 2. The second-order valence-electron chi connectivity index (χ2n) is 11.8. The SMILES string of the molecule is CC(C)NC1CN(S(=O)(=O)c2ccc(Cl)cc2Cl)C2CN(C(C)C)C(=O)C(Cc3ccc(Cl)cc3)N2C1=O.O=C(O)C1CC1.